The maximum atomic E-state index is 15.4. The first-order valence-electron chi connectivity index (χ1n) is 16.2. The maximum Gasteiger partial charge on any atom is 0.417 e. The van der Waals surface area contributed by atoms with E-state index in [0.717, 1.165) is 54.9 Å². The van der Waals surface area contributed by atoms with E-state index in [2.05, 4.69) is 10.2 Å². The van der Waals surface area contributed by atoms with Crippen molar-refractivity contribution in [1.82, 2.24) is 14.8 Å². The van der Waals surface area contributed by atoms with Crippen molar-refractivity contribution in [2.75, 3.05) is 44.2 Å². The van der Waals surface area contributed by atoms with Crippen LogP contribution in [-0.4, -0.2) is 77.9 Å². The highest BCUT2D eigenvalue weighted by Gasteiger charge is 2.36. The number of carbonyl (C=O) groups excluding carboxylic acids is 1. The number of hydrogen-bond donors (Lipinski definition) is 2. The van der Waals surface area contributed by atoms with Crippen molar-refractivity contribution >= 4 is 28.3 Å². The van der Waals surface area contributed by atoms with Crippen LogP contribution in [0.4, 0.5) is 27.6 Å². The van der Waals surface area contributed by atoms with Crippen LogP contribution in [0.2, 0.25) is 0 Å². The first kappa shape index (κ1) is 35.0. The quantitative estimate of drug-likeness (QED) is 0.231. The monoisotopic (exact) mass is 698 g/mol. The Balaban J connectivity index is 1.24. The molecule has 2 atom stereocenters. The van der Waals surface area contributed by atoms with Crippen LogP contribution in [0.25, 0.3) is 21.9 Å². The number of nitrogens with zero attached hydrogens (tertiary/aromatic N) is 3. The number of carbonyl (C=O) groups is 2. The fourth-order valence-electron chi connectivity index (χ4n) is 6.82. The number of benzene rings is 3. The van der Waals surface area contributed by atoms with Gasteiger partial charge in [0.2, 0.25) is 0 Å². The summed E-state index contributed by atoms with van der Waals surface area (Å²) in [5, 5.41) is 12.8. The number of morpholine rings is 1. The zero-order valence-corrected chi connectivity index (χ0v) is 27.1. The third kappa shape index (κ3) is 7.22. The van der Waals surface area contributed by atoms with Crippen molar-refractivity contribution in [2.45, 2.75) is 37.6 Å². The number of aliphatic carboxylic acids is 1. The van der Waals surface area contributed by atoms with Crippen LogP contribution in [-0.2, 0) is 29.2 Å². The molecule has 2 aliphatic rings. The van der Waals surface area contributed by atoms with E-state index < -0.39 is 58.0 Å². The number of carboxylic acids is 1. The Morgan fingerprint density at radius 2 is 1.68 bits per heavy atom. The van der Waals surface area contributed by atoms with Crippen molar-refractivity contribution in [3.05, 3.63) is 99.5 Å². The molecule has 50 heavy (non-hydrogen) atoms. The molecule has 4 aromatic rings. The number of amides is 1. The van der Waals surface area contributed by atoms with Gasteiger partial charge in [-0.1, -0.05) is 36.4 Å². The summed E-state index contributed by atoms with van der Waals surface area (Å²) in [5.74, 6) is -5.11. The topological polar surface area (TPSA) is 104 Å². The molecule has 0 radical (unpaired) electrons. The number of likely N-dealkylation sites (tertiary alicyclic amines) is 1. The van der Waals surface area contributed by atoms with Crippen LogP contribution in [0.3, 0.4) is 0 Å². The Morgan fingerprint density at radius 1 is 1.00 bits per heavy atom. The number of alkyl halides is 3. The molecule has 1 amide bonds. The van der Waals surface area contributed by atoms with E-state index in [1.807, 2.05) is 0 Å². The molecule has 2 fully saturated rings. The number of aromatic nitrogens is 1. The molecule has 3 heterocycles. The standard InChI is InChI=1S/C36H35F5N4O5/c1-43-13-10-27(36(39,40)41)31(34(43)47)26-9-5-7-24-21(6-4-8-25(24)26)16-30(35(48)49)42-33(46)32-28(37)17-22(18-29(32)38)45-14-15-50-23(20-45)19-44-11-2-3-12-44/h4-10,13,17-18,23,30H,2-3,11-12,14-16,19-20H2,1H3,(H,42,46)(H,48,49)/t23?,30-/m0/s1. The van der Waals surface area contributed by atoms with Crippen molar-refractivity contribution in [1.29, 1.82) is 0 Å². The predicted octanol–water partition coefficient (Wildman–Crippen LogP) is 5.23. The van der Waals surface area contributed by atoms with Gasteiger partial charge in [0.25, 0.3) is 11.5 Å². The fourth-order valence-corrected chi connectivity index (χ4v) is 6.82. The smallest absolute Gasteiger partial charge is 0.417 e. The average molecular weight is 699 g/mol. The second-order valence-corrected chi connectivity index (χ2v) is 12.6. The molecule has 0 bridgehead atoms. The number of carboxylic acid groups (broad SMARTS) is 1. The zero-order valence-electron chi connectivity index (χ0n) is 27.1. The first-order chi connectivity index (χ1) is 23.8. The highest BCUT2D eigenvalue weighted by Crippen LogP contribution is 2.38. The van der Waals surface area contributed by atoms with E-state index in [4.69, 9.17) is 4.74 Å². The molecule has 6 rings (SSSR count). The van der Waals surface area contributed by atoms with Crippen molar-refractivity contribution in [3.8, 4) is 11.1 Å². The molecule has 2 saturated heterocycles. The van der Waals surface area contributed by atoms with Gasteiger partial charge in [0.05, 0.1) is 23.8 Å². The van der Waals surface area contributed by atoms with Crippen LogP contribution < -0.4 is 15.8 Å². The zero-order chi connectivity index (χ0) is 35.7. The SMILES string of the molecule is Cn1ccc(C(F)(F)F)c(-c2cccc3c(C[C@H](NC(=O)c4c(F)cc(N5CCOC(CN6CCCC6)C5)cc4F)C(=O)O)cccc23)c1=O. The van der Waals surface area contributed by atoms with E-state index in [1.54, 1.807) is 11.0 Å². The summed E-state index contributed by atoms with van der Waals surface area (Å²) >= 11 is 0. The minimum absolute atomic E-state index is 0.0133. The van der Waals surface area contributed by atoms with Crippen LogP contribution in [0.1, 0.15) is 34.3 Å². The second kappa shape index (κ2) is 14.2. The summed E-state index contributed by atoms with van der Waals surface area (Å²) in [6.45, 7) is 3.82. The summed E-state index contributed by atoms with van der Waals surface area (Å²) < 4.78 is 79.6. The number of fused-ring (bicyclic) bond motifs is 1. The average Bonchev–Trinajstić information content (AvgIpc) is 3.58. The molecule has 0 spiro atoms. The van der Waals surface area contributed by atoms with Crippen LogP contribution >= 0.6 is 0 Å². The molecule has 0 aliphatic carbocycles. The number of ether oxygens (including phenoxy) is 1. The highest BCUT2D eigenvalue weighted by atomic mass is 19.4. The highest BCUT2D eigenvalue weighted by molar-refractivity contribution is 6.00. The van der Waals surface area contributed by atoms with E-state index in [0.29, 0.717) is 37.2 Å². The number of halogens is 5. The number of pyridine rings is 1. The lowest BCUT2D eigenvalue weighted by Crippen LogP contribution is -2.47. The predicted molar refractivity (Wildman–Crippen MR) is 176 cm³/mol. The molecule has 1 unspecified atom stereocenters. The molecule has 2 N–H and O–H groups in total. The summed E-state index contributed by atoms with van der Waals surface area (Å²) in [5.41, 5.74) is -2.98. The Hall–Kier alpha value is -4.82. The van der Waals surface area contributed by atoms with Crippen LogP contribution in [0.5, 0.6) is 0 Å². The van der Waals surface area contributed by atoms with E-state index in [-0.39, 0.29) is 29.2 Å². The van der Waals surface area contributed by atoms with Crippen LogP contribution in [0, 0.1) is 11.6 Å². The van der Waals surface area contributed by atoms with Gasteiger partial charge in [-0.05, 0) is 66.0 Å². The van der Waals surface area contributed by atoms with Gasteiger partial charge in [-0.3, -0.25) is 9.59 Å². The fraction of sp³-hybridized carbons (Fsp3) is 0.361. The van der Waals surface area contributed by atoms with Gasteiger partial charge < -0.3 is 29.5 Å². The van der Waals surface area contributed by atoms with Gasteiger partial charge >= 0.3 is 12.1 Å². The van der Waals surface area contributed by atoms with Gasteiger partial charge in [-0.25, -0.2) is 13.6 Å². The maximum absolute atomic E-state index is 15.4. The van der Waals surface area contributed by atoms with E-state index >= 15 is 8.78 Å². The van der Waals surface area contributed by atoms with Gasteiger partial charge in [0.1, 0.15) is 23.2 Å². The summed E-state index contributed by atoms with van der Waals surface area (Å²) in [7, 11) is 1.33. The second-order valence-electron chi connectivity index (χ2n) is 12.6. The largest absolute Gasteiger partial charge is 0.480 e. The van der Waals surface area contributed by atoms with E-state index in [1.165, 1.54) is 37.4 Å². The van der Waals surface area contributed by atoms with Crippen molar-refractivity contribution in [2.24, 2.45) is 7.05 Å². The number of rotatable bonds is 9. The Kier molecular flexibility index (Phi) is 9.94. The van der Waals surface area contributed by atoms with Gasteiger partial charge in [0, 0.05) is 45.0 Å². The van der Waals surface area contributed by atoms with Gasteiger partial charge in [0.15, 0.2) is 0 Å². The molecular weight excluding hydrogens is 663 g/mol. The number of nitrogens with one attached hydrogen (secondary N) is 1. The molecule has 264 valence electrons. The molecule has 14 heteroatoms. The van der Waals surface area contributed by atoms with Crippen LogP contribution in [0.15, 0.2) is 65.6 Å². The number of hydrogen-bond acceptors (Lipinski definition) is 6. The third-order valence-electron chi connectivity index (χ3n) is 9.30. The minimum Gasteiger partial charge on any atom is -0.480 e. The van der Waals surface area contributed by atoms with Crippen molar-refractivity contribution < 1.29 is 41.4 Å². The first-order valence-corrected chi connectivity index (χ1v) is 16.2. The Bertz CT molecular complexity index is 1970. The normalized spacial score (nSPS) is 17.6. The van der Waals surface area contributed by atoms with Gasteiger partial charge in [-0.2, -0.15) is 13.2 Å². The molecular formula is C36H35F5N4O5. The molecule has 9 nitrogen and oxygen atoms in total. The minimum atomic E-state index is -4.83. The Labute approximate surface area is 283 Å². The number of aryl methyl sites for hydroxylation is 1. The molecule has 0 saturated carbocycles. The lowest BCUT2D eigenvalue weighted by Gasteiger charge is -2.36. The summed E-state index contributed by atoms with van der Waals surface area (Å²) in [4.78, 5) is 42.6. The van der Waals surface area contributed by atoms with E-state index in [9.17, 15) is 32.7 Å². The van der Waals surface area contributed by atoms with Gasteiger partial charge in [-0.15, -0.1) is 0 Å². The number of anilines is 1. The Morgan fingerprint density at radius 3 is 2.36 bits per heavy atom. The molecule has 3 aromatic carbocycles. The third-order valence-corrected chi connectivity index (χ3v) is 9.30. The van der Waals surface area contributed by atoms with Crippen molar-refractivity contribution in [3.63, 3.8) is 0 Å². The lowest BCUT2D eigenvalue weighted by molar-refractivity contribution is -0.139. The molecule has 2 aliphatic heterocycles. The summed E-state index contributed by atoms with van der Waals surface area (Å²) in [6, 6.07) is 10.1. The summed E-state index contributed by atoms with van der Waals surface area (Å²) in [6.07, 6.45) is -2.10. The lowest BCUT2D eigenvalue weighted by atomic mass is 9.91. The molecule has 1 aromatic heterocycles.